The van der Waals surface area contributed by atoms with Gasteiger partial charge in [-0.1, -0.05) is 25.1 Å². The first-order valence-electron chi connectivity index (χ1n) is 21.4. The number of benzene rings is 1. The smallest absolute Gasteiger partial charge is 0.335 e. The number of rotatable bonds is 23. The summed E-state index contributed by atoms with van der Waals surface area (Å²) in [6.45, 7) is 13.5. The van der Waals surface area contributed by atoms with E-state index < -0.39 is 101 Å². The fraction of sp³-hybridized carbons (Fsp3) is 0.605. The average Bonchev–Trinajstić information content (AvgIpc) is 3.84. The highest BCUT2D eigenvalue weighted by Gasteiger charge is 2.46. The van der Waals surface area contributed by atoms with E-state index in [1.165, 1.54) is 17.7 Å². The number of carbonyl (C=O) groups excluding carboxylic acids is 6. The second kappa shape index (κ2) is 23.5. The minimum absolute atomic E-state index is 0.0517. The van der Waals surface area contributed by atoms with Crippen LogP contribution in [0.5, 0.6) is 0 Å². The van der Waals surface area contributed by atoms with Crippen molar-refractivity contribution in [3.63, 3.8) is 0 Å². The van der Waals surface area contributed by atoms with Gasteiger partial charge in [0.2, 0.25) is 17.7 Å². The largest absolute Gasteiger partial charge is 0.479 e. The molecule has 1 saturated heterocycles. The lowest BCUT2D eigenvalue weighted by Crippen LogP contribution is -2.59. The third-order valence-electron chi connectivity index (χ3n) is 10.6. The van der Waals surface area contributed by atoms with Crippen LogP contribution >= 0.6 is 0 Å². The fourth-order valence-corrected chi connectivity index (χ4v) is 6.81. The molecule has 1 unspecified atom stereocenters. The van der Waals surface area contributed by atoms with Crippen LogP contribution in [0, 0.1) is 11.3 Å². The molecule has 22 nitrogen and oxygen atoms in total. The molecular weight excluding hydrogens is 855 g/mol. The van der Waals surface area contributed by atoms with E-state index in [9.17, 15) is 54.0 Å². The molecule has 0 saturated carbocycles. The molecule has 1 aromatic heterocycles. The Labute approximate surface area is 376 Å². The van der Waals surface area contributed by atoms with Crippen molar-refractivity contribution in [1.82, 2.24) is 30.5 Å². The minimum Gasteiger partial charge on any atom is -0.479 e. The molecule has 0 aliphatic carbocycles. The summed E-state index contributed by atoms with van der Waals surface area (Å²) in [6, 6.07) is 0.864. The van der Waals surface area contributed by atoms with Crippen molar-refractivity contribution < 1.29 is 72.9 Å². The Morgan fingerprint density at radius 1 is 0.877 bits per heavy atom. The highest BCUT2D eigenvalue weighted by atomic mass is 16.6. The number of anilines is 1. The highest BCUT2D eigenvalue weighted by molar-refractivity contribution is 6.15. The van der Waals surface area contributed by atoms with Gasteiger partial charge >= 0.3 is 11.9 Å². The van der Waals surface area contributed by atoms with Crippen molar-refractivity contribution in [3.8, 4) is 0 Å². The van der Waals surface area contributed by atoms with Crippen molar-refractivity contribution in [2.45, 2.75) is 130 Å². The molecule has 1 fully saturated rings. The molecule has 5 amide bonds. The van der Waals surface area contributed by atoms with Crippen molar-refractivity contribution in [3.05, 3.63) is 53.4 Å². The van der Waals surface area contributed by atoms with Gasteiger partial charge in [-0.25, -0.2) is 9.48 Å². The number of amides is 5. The average molecular weight is 916 g/mol. The van der Waals surface area contributed by atoms with E-state index in [2.05, 4.69) is 26.3 Å². The quantitative estimate of drug-likeness (QED) is 0.0416. The number of hydrogen-bond acceptors (Lipinski definition) is 16. The second-order valence-electron chi connectivity index (χ2n) is 17.1. The molecule has 7 N–H and O–H groups in total. The molecular formula is C43H61N7O15. The third-order valence-corrected chi connectivity index (χ3v) is 10.6. The van der Waals surface area contributed by atoms with Crippen LogP contribution in [0.4, 0.5) is 5.69 Å². The summed E-state index contributed by atoms with van der Waals surface area (Å²) in [5.41, 5.74) is 0.722. The topological polar surface area (TPSA) is 307 Å². The molecule has 0 radical (unpaired) electrons. The number of nitrogens with one attached hydrogen (secondary N) is 3. The van der Waals surface area contributed by atoms with Crippen molar-refractivity contribution in [2.24, 2.45) is 11.3 Å². The Balaban J connectivity index is 1.45. The maximum absolute atomic E-state index is 13.9. The molecule has 1 aromatic carbocycles. The van der Waals surface area contributed by atoms with E-state index >= 15 is 0 Å². The zero-order valence-electron chi connectivity index (χ0n) is 37.6. The van der Waals surface area contributed by atoms with E-state index in [-0.39, 0.29) is 37.3 Å². The predicted octanol–water partition coefficient (Wildman–Crippen LogP) is -0.592. The molecule has 2 aromatic rings. The van der Waals surface area contributed by atoms with Crippen LogP contribution < -0.4 is 16.0 Å². The van der Waals surface area contributed by atoms with Crippen LogP contribution in [0.25, 0.3) is 0 Å². The number of carboxylic acids is 1. The Kier molecular flexibility index (Phi) is 18.8. The number of aromatic nitrogens is 3. The zero-order chi connectivity index (χ0) is 48.2. The first-order chi connectivity index (χ1) is 30.6. The first-order valence-corrected chi connectivity index (χ1v) is 21.4. The minimum atomic E-state index is -1.87. The standard InChI is InChI=1S/C43H61N7O15/c1-8-62-17-18-63-16-15-49-21-28(47-48-49)20-29(50-31(51)13-14-32(50)52)39(57)46-33(23(2)3)40(58)44-24(4)38(56)45-27-11-9-26(22-64-42(61)43(5,6)7)25(19-27)10-12-30-34(53)35(54)36(55)37(65-30)41(59)60/h9,11,13-14,19,21,23-24,29-30,33-37,53-55H,8,10,12,15-18,20,22H2,1-7H3,(H,44,58)(H,45,56)(H,46,57)(H,59,60)/t24-,29?,30-,33-,34-,35+,36-,37-/m0/s1. The molecule has 0 bridgehead atoms. The number of aryl methyl sites for hydroxylation is 1. The molecule has 2 aliphatic rings. The SMILES string of the molecule is CCOCCOCCn1cc(CC(C(=O)N[C@H](C(=O)N[C@@H](C)C(=O)Nc2ccc(COC(=O)C(C)(C)C)c(CC[C@@H]3O[C@H](C(=O)O)[C@@H](O)[C@H](O)[C@H]3O)c2)C(C)C)N2C(=O)C=CC2=O)nn1. The predicted molar refractivity (Wildman–Crippen MR) is 227 cm³/mol. The lowest BCUT2D eigenvalue weighted by Gasteiger charge is -2.39. The van der Waals surface area contributed by atoms with Crippen LogP contribution in [0.2, 0.25) is 0 Å². The molecule has 22 heteroatoms. The summed E-state index contributed by atoms with van der Waals surface area (Å²) < 4.78 is 23.2. The van der Waals surface area contributed by atoms with Crippen LogP contribution in [-0.4, -0.2) is 157 Å². The van der Waals surface area contributed by atoms with Gasteiger partial charge < -0.3 is 55.3 Å². The molecule has 3 heterocycles. The van der Waals surface area contributed by atoms with Gasteiger partial charge in [0.15, 0.2) is 6.10 Å². The number of aliphatic hydroxyl groups is 3. The Hall–Kier alpha value is -5.65. The van der Waals surface area contributed by atoms with E-state index in [1.807, 2.05) is 6.92 Å². The van der Waals surface area contributed by atoms with Crippen LogP contribution in [-0.2, 0) is 78.5 Å². The monoisotopic (exact) mass is 915 g/mol. The van der Waals surface area contributed by atoms with Crippen LogP contribution in [0.1, 0.15) is 71.7 Å². The van der Waals surface area contributed by atoms with Gasteiger partial charge in [0, 0.05) is 37.1 Å². The second-order valence-corrected chi connectivity index (χ2v) is 17.1. The number of aliphatic hydroxyl groups excluding tert-OH is 3. The van der Waals surface area contributed by atoms with Crippen molar-refractivity contribution in [2.75, 3.05) is 31.7 Å². The first kappa shape index (κ1) is 52.0. The van der Waals surface area contributed by atoms with E-state index in [0.29, 0.717) is 44.1 Å². The number of ether oxygens (including phenoxy) is 4. The van der Waals surface area contributed by atoms with Crippen LogP contribution in [0.15, 0.2) is 36.5 Å². The molecule has 4 rings (SSSR count). The summed E-state index contributed by atoms with van der Waals surface area (Å²) >= 11 is 0. The maximum atomic E-state index is 13.9. The number of hydrogen-bond donors (Lipinski definition) is 7. The van der Waals surface area contributed by atoms with Gasteiger partial charge in [-0.15, -0.1) is 5.10 Å². The molecule has 2 aliphatic heterocycles. The number of nitrogens with zero attached hydrogens (tertiary/aromatic N) is 4. The number of esters is 1. The number of carboxylic acid groups (broad SMARTS) is 1. The van der Waals surface area contributed by atoms with Gasteiger partial charge in [0.25, 0.3) is 11.8 Å². The van der Waals surface area contributed by atoms with E-state index in [0.717, 1.165) is 17.1 Å². The maximum Gasteiger partial charge on any atom is 0.335 e. The Morgan fingerprint density at radius 3 is 2.18 bits per heavy atom. The van der Waals surface area contributed by atoms with E-state index in [1.54, 1.807) is 52.9 Å². The Bertz CT molecular complexity index is 2030. The summed E-state index contributed by atoms with van der Waals surface area (Å²) in [5.74, 6) is -6.25. The van der Waals surface area contributed by atoms with Crippen molar-refractivity contribution in [1.29, 1.82) is 0 Å². The zero-order valence-corrected chi connectivity index (χ0v) is 37.6. The number of imide groups is 1. The molecule has 8 atom stereocenters. The molecule has 0 spiro atoms. The molecule has 65 heavy (non-hydrogen) atoms. The summed E-state index contributed by atoms with van der Waals surface area (Å²) in [7, 11) is 0. The normalized spacial score (nSPS) is 21.2. The van der Waals surface area contributed by atoms with Gasteiger partial charge in [-0.2, -0.15) is 0 Å². The van der Waals surface area contributed by atoms with Gasteiger partial charge in [0.1, 0.15) is 43.0 Å². The number of aliphatic carboxylic acids is 1. The fourth-order valence-electron chi connectivity index (χ4n) is 6.81. The van der Waals surface area contributed by atoms with E-state index in [4.69, 9.17) is 18.9 Å². The summed E-state index contributed by atoms with van der Waals surface area (Å²) in [5, 5.41) is 56.6. The molecule has 358 valence electrons. The Morgan fingerprint density at radius 2 is 1.55 bits per heavy atom. The van der Waals surface area contributed by atoms with Crippen molar-refractivity contribution >= 4 is 47.2 Å². The third kappa shape index (κ3) is 14.4. The van der Waals surface area contributed by atoms with Crippen LogP contribution in [0.3, 0.4) is 0 Å². The number of carbonyl (C=O) groups is 7. The summed E-state index contributed by atoms with van der Waals surface area (Å²) in [6.07, 6.45) is -4.88. The lowest BCUT2D eigenvalue weighted by molar-refractivity contribution is -0.228. The highest BCUT2D eigenvalue weighted by Crippen LogP contribution is 2.27. The van der Waals surface area contributed by atoms with Gasteiger partial charge in [0.05, 0.1) is 43.6 Å². The lowest BCUT2D eigenvalue weighted by atomic mass is 9.91. The summed E-state index contributed by atoms with van der Waals surface area (Å²) in [4.78, 5) is 91.8. The van der Waals surface area contributed by atoms with Gasteiger partial charge in [-0.05, 0) is 76.6 Å². The van der Waals surface area contributed by atoms with Gasteiger partial charge in [-0.3, -0.25) is 33.7 Å².